The lowest BCUT2D eigenvalue weighted by Crippen LogP contribution is -2.83. The third-order valence-electron chi connectivity index (χ3n) is 7.22. The van der Waals surface area contributed by atoms with Crippen LogP contribution in [-0.2, 0) is 28.5 Å². The molecular weight excluding hydrogens is 540 g/mol. The van der Waals surface area contributed by atoms with E-state index in [1.54, 1.807) is 0 Å². The van der Waals surface area contributed by atoms with Crippen LogP contribution in [0.1, 0.15) is 6.42 Å². The molecule has 1 unspecified atom stereocenters. The van der Waals surface area contributed by atoms with E-state index < -0.39 is 123 Å². The van der Waals surface area contributed by atoms with Crippen molar-refractivity contribution < 1.29 is 89.8 Å². The minimum atomic E-state index is -3.31. The van der Waals surface area contributed by atoms with Crippen molar-refractivity contribution in [3.8, 4) is 0 Å². The molecule has 0 bridgehead atoms. The Morgan fingerprint density at radius 2 is 1.26 bits per heavy atom. The number of hydrogen-bond acceptors (Lipinski definition) is 17. The van der Waals surface area contributed by atoms with Crippen LogP contribution in [0.5, 0.6) is 0 Å². The van der Waals surface area contributed by atoms with Crippen molar-refractivity contribution in [2.24, 2.45) is 0 Å². The van der Waals surface area contributed by atoms with Gasteiger partial charge in [-0.3, -0.25) is 9.59 Å². The van der Waals surface area contributed by atoms with Crippen LogP contribution < -0.4 is 0 Å². The highest BCUT2D eigenvalue weighted by Gasteiger charge is 2.73. The number of hydrogen-bond donors (Lipinski definition) is 12. The van der Waals surface area contributed by atoms with Gasteiger partial charge in [0.05, 0.1) is 13.2 Å². The number of aliphatic hydroxyl groups is 11. The Labute approximate surface area is 219 Å². The lowest BCUT2D eigenvalue weighted by Gasteiger charge is -2.60. The molecule has 3 fully saturated rings. The fraction of sp³-hybridized carbons (Fsp3) is 0.857. The Morgan fingerprint density at radius 1 is 0.744 bits per heavy atom. The molecule has 225 valence electrons. The molecule has 0 aromatic carbocycles. The molecule has 18 nitrogen and oxygen atoms in total. The van der Waals surface area contributed by atoms with Crippen LogP contribution in [-0.4, -0.2) is 177 Å². The Kier molecular flexibility index (Phi) is 9.89. The molecule has 1 radical (unpaired) electrons. The lowest BCUT2D eigenvalue weighted by atomic mass is 9.64. The van der Waals surface area contributed by atoms with Crippen molar-refractivity contribution in [2.45, 2.75) is 90.9 Å². The number of carbonyl (C=O) groups excluding carboxylic acids is 1. The van der Waals surface area contributed by atoms with Crippen LogP contribution in [0.4, 0.5) is 0 Å². The van der Waals surface area contributed by atoms with Crippen molar-refractivity contribution in [3.63, 3.8) is 0 Å². The summed E-state index contributed by atoms with van der Waals surface area (Å²) in [6.45, 7) is -2.52. The van der Waals surface area contributed by atoms with Gasteiger partial charge < -0.3 is 80.2 Å². The molecule has 12 N–H and O–H groups in total. The summed E-state index contributed by atoms with van der Waals surface area (Å²) in [5, 5.41) is 125. The molecule has 39 heavy (non-hydrogen) atoms. The molecule has 18 heteroatoms. The van der Waals surface area contributed by atoms with E-state index in [4.69, 9.17) is 24.1 Å². The van der Waals surface area contributed by atoms with Gasteiger partial charge in [-0.05, 0) is 0 Å². The van der Waals surface area contributed by atoms with E-state index in [0.29, 0.717) is 6.61 Å². The number of ether oxygens (including phenoxy) is 4. The predicted molar refractivity (Wildman–Crippen MR) is 116 cm³/mol. The van der Waals surface area contributed by atoms with Gasteiger partial charge >= 0.3 is 11.9 Å². The van der Waals surface area contributed by atoms with Crippen molar-refractivity contribution >= 4 is 11.9 Å². The van der Waals surface area contributed by atoms with Gasteiger partial charge in [0.25, 0.3) is 0 Å². The zero-order chi connectivity index (χ0) is 29.4. The fourth-order valence-electron chi connectivity index (χ4n) is 4.98. The van der Waals surface area contributed by atoms with E-state index in [9.17, 15) is 65.8 Å². The molecule has 0 saturated carbocycles. The molecule has 0 aromatic rings. The second kappa shape index (κ2) is 12.1. The number of aliphatic hydroxyl groups excluding tert-OH is 9. The third kappa shape index (κ3) is 5.51. The van der Waals surface area contributed by atoms with Gasteiger partial charge in [0.2, 0.25) is 0 Å². The van der Waals surface area contributed by atoms with Crippen molar-refractivity contribution in [3.05, 3.63) is 6.61 Å². The highest BCUT2D eigenvalue weighted by Crippen LogP contribution is 2.48. The van der Waals surface area contributed by atoms with Crippen LogP contribution in [0.15, 0.2) is 0 Å². The monoisotopic (exact) mass is 573 g/mol. The summed E-state index contributed by atoms with van der Waals surface area (Å²) in [5.41, 5.74) is -6.56. The van der Waals surface area contributed by atoms with Crippen LogP contribution in [0, 0.1) is 6.61 Å². The van der Waals surface area contributed by atoms with Gasteiger partial charge in [-0.25, -0.2) is 0 Å². The smallest absolute Gasteiger partial charge is 0.317 e. The molecule has 14 atom stereocenters. The summed E-state index contributed by atoms with van der Waals surface area (Å²) >= 11 is 0. The molecule has 3 rings (SSSR count). The number of carboxylic acids is 1. The van der Waals surface area contributed by atoms with Crippen LogP contribution in [0.3, 0.4) is 0 Å². The largest absolute Gasteiger partial charge is 0.481 e. The number of esters is 1. The molecule has 3 heterocycles. The van der Waals surface area contributed by atoms with Crippen LogP contribution in [0.2, 0.25) is 0 Å². The molecule has 3 saturated heterocycles. The van der Waals surface area contributed by atoms with Crippen LogP contribution in [0.25, 0.3) is 0 Å². The Balaban J connectivity index is 2.02. The number of aliphatic carboxylic acids is 1. The second-order valence-corrected chi connectivity index (χ2v) is 9.64. The molecule has 0 amide bonds. The van der Waals surface area contributed by atoms with Gasteiger partial charge in [0.15, 0.2) is 11.2 Å². The van der Waals surface area contributed by atoms with E-state index in [0.717, 1.165) is 0 Å². The first kappa shape index (κ1) is 31.9. The Bertz CT molecular complexity index is 872. The Morgan fingerprint density at radius 3 is 1.79 bits per heavy atom. The van der Waals surface area contributed by atoms with Crippen molar-refractivity contribution in [1.29, 1.82) is 0 Å². The van der Waals surface area contributed by atoms with Crippen molar-refractivity contribution in [1.82, 2.24) is 0 Å². The zero-order valence-electron chi connectivity index (χ0n) is 20.2. The number of rotatable bonds is 8. The van der Waals surface area contributed by atoms with E-state index in [1.807, 2.05) is 0 Å². The number of carbonyl (C=O) groups is 2. The summed E-state index contributed by atoms with van der Waals surface area (Å²) < 4.78 is 20.6. The molecule has 0 aliphatic carbocycles. The number of carboxylic acid groups (broad SMARTS) is 1. The van der Waals surface area contributed by atoms with Gasteiger partial charge in [-0.15, -0.1) is 0 Å². The standard InChI is InChI=1S/C21H33O18/c22-2-6-11(27)13(29)16(32)19(38-6)21(35)17(33)7(3-23)37-5-20(21,34)18-15(31)14(30)12(28)8(39-18)4-36-10(26)1-9(24)25/h5-8,11-19,22-23,27-35H,1-4H2,(H,24,25)/t6-,7+,8+,11-,12+,13+,14-,15+,16-,17+,18?,19-,20+,21+/m0/s1. The third-order valence-corrected chi connectivity index (χ3v) is 7.22. The van der Waals surface area contributed by atoms with E-state index in [-0.39, 0.29) is 0 Å². The highest BCUT2D eigenvalue weighted by atomic mass is 16.6. The predicted octanol–water partition coefficient (Wildman–Crippen LogP) is -7.93. The fourth-order valence-corrected chi connectivity index (χ4v) is 4.98. The van der Waals surface area contributed by atoms with E-state index in [1.165, 1.54) is 0 Å². The summed E-state index contributed by atoms with van der Waals surface area (Å²) in [6.07, 6.45) is -26.1. The van der Waals surface area contributed by atoms with E-state index in [2.05, 4.69) is 0 Å². The minimum absolute atomic E-state index is 0.383. The first-order valence-electron chi connectivity index (χ1n) is 11.8. The highest BCUT2D eigenvalue weighted by molar-refractivity contribution is 5.90. The summed E-state index contributed by atoms with van der Waals surface area (Å²) in [5.74, 6) is -2.82. The van der Waals surface area contributed by atoms with Crippen LogP contribution >= 0.6 is 0 Å². The molecule has 3 aliphatic heterocycles. The normalized spacial score (nSPS) is 48.9. The quantitative estimate of drug-likeness (QED) is 0.0947. The maximum atomic E-state index is 11.8. The Hall–Kier alpha value is -1.62. The topological polar surface area (TPSA) is 314 Å². The average Bonchev–Trinajstić information content (AvgIpc) is 2.88. The van der Waals surface area contributed by atoms with Gasteiger partial charge in [0, 0.05) is 0 Å². The van der Waals surface area contributed by atoms with E-state index >= 15 is 0 Å². The molecular formula is C21H33O18. The van der Waals surface area contributed by atoms with Crippen molar-refractivity contribution in [2.75, 3.05) is 19.8 Å². The first-order valence-corrected chi connectivity index (χ1v) is 11.8. The summed E-state index contributed by atoms with van der Waals surface area (Å²) in [4.78, 5) is 22.3. The summed E-state index contributed by atoms with van der Waals surface area (Å²) in [6, 6.07) is 0. The SMILES string of the molecule is O=C(O)CC(=O)OC[C@H]1OC([C@]2(O)[CH]O[C@H](CO)[C@@H](O)[C@@]2(O)[C@H]2O[C@@H](CO)[C@H](O)[C@@H](O)[C@@H]2O)[C@H](O)[C@@H](O)[C@@H]1O. The van der Waals surface area contributed by atoms with Gasteiger partial charge in [0.1, 0.15) is 92.9 Å². The maximum Gasteiger partial charge on any atom is 0.317 e. The second-order valence-electron chi connectivity index (χ2n) is 9.64. The van der Waals surface area contributed by atoms with Gasteiger partial charge in [-0.2, -0.15) is 0 Å². The zero-order valence-corrected chi connectivity index (χ0v) is 20.2. The first-order chi connectivity index (χ1) is 18.1. The van der Waals surface area contributed by atoms with Gasteiger partial charge in [-0.1, -0.05) is 0 Å². The lowest BCUT2D eigenvalue weighted by molar-refractivity contribution is -0.379. The average molecular weight is 573 g/mol. The summed E-state index contributed by atoms with van der Waals surface area (Å²) in [7, 11) is 0. The molecule has 0 aromatic heterocycles. The minimum Gasteiger partial charge on any atom is -0.481 e. The maximum absolute atomic E-state index is 11.8. The molecule has 3 aliphatic rings. The molecule has 0 spiro atoms.